The first kappa shape index (κ1) is 16.3. The number of anilines is 2. The van der Waals surface area contributed by atoms with Crippen LogP contribution in [0.3, 0.4) is 0 Å². The highest BCUT2D eigenvalue weighted by atomic mass is 79.9. The lowest BCUT2D eigenvalue weighted by atomic mass is 10.2. The van der Waals surface area contributed by atoms with Gasteiger partial charge in [-0.1, -0.05) is 11.6 Å². The predicted molar refractivity (Wildman–Crippen MR) is 93.2 cm³/mol. The fourth-order valence-electron chi connectivity index (χ4n) is 1.70. The molecule has 1 heterocycles. The van der Waals surface area contributed by atoms with E-state index in [1.165, 1.54) is 0 Å². The molecule has 0 aliphatic carbocycles. The summed E-state index contributed by atoms with van der Waals surface area (Å²) in [5.74, 6) is 0.297. The van der Waals surface area contributed by atoms with Crippen molar-refractivity contribution in [1.29, 1.82) is 0 Å². The van der Waals surface area contributed by atoms with Gasteiger partial charge in [0.25, 0.3) is 5.91 Å². The van der Waals surface area contributed by atoms with Gasteiger partial charge in [0.15, 0.2) is 0 Å². The molecular weight excluding hydrogens is 421 g/mol. The second-order valence-electron chi connectivity index (χ2n) is 4.16. The van der Waals surface area contributed by atoms with Crippen molar-refractivity contribution in [2.75, 3.05) is 17.2 Å². The zero-order valence-corrected chi connectivity index (χ0v) is 15.0. The fourth-order valence-corrected chi connectivity index (χ4v) is 2.81. The summed E-state index contributed by atoms with van der Waals surface area (Å²) in [7, 11) is 0. The number of nitrogens with one attached hydrogen (secondary N) is 2. The van der Waals surface area contributed by atoms with E-state index in [1.807, 2.05) is 6.92 Å². The second-order valence-corrected chi connectivity index (χ2v) is 6.36. The summed E-state index contributed by atoms with van der Waals surface area (Å²) in [4.78, 5) is 16.6. The molecule has 4 nitrogen and oxygen atoms in total. The molecule has 0 atom stereocenters. The number of carbonyl (C=O) groups is 1. The normalized spacial score (nSPS) is 10.3. The summed E-state index contributed by atoms with van der Waals surface area (Å²) < 4.78 is 1.46. The topological polar surface area (TPSA) is 54.0 Å². The van der Waals surface area contributed by atoms with E-state index in [0.717, 1.165) is 8.95 Å². The van der Waals surface area contributed by atoms with Crippen molar-refractivity contribution in [1.82, 2.24) is 4.98 Å². The van der Waals surface area contributed by atoms with E-state index >= 15 is 0 Å². The third-order valence-electron chi connectivity index (χ3n) is 2.62. The first-order valence-corrected chi connectivity index (χ1v) is 8.13. The molecule has 0 unspecified atom stereocenters. The highest BCUT2D eigenvalue weighted by Crippen LogP contribution is 2.27. The lowest BCUT2D eigenvalue weighted by molar-refractivity contribution is 0.102. The first-order chi connectivity index (χ1) is 10.0. The summed E-state index contributed by atoms with van der Waals surface area (Å²) in [5, 5.41) is 6.50. The van der Waals surface area contributed by atoms with Crippen LogP contribution in [0.25, 0.3) is 0 Å². The molecule has 1 aromatic carbocycles. The summed E-state index contributed by atoms with van der Waals surface area (Å²) in [6.07, 6.45) is 1.65. The minimum atomic E-state index is -0.247. The van der Waals surface area contributed by atoms with Gasteiger partial charge in [-0.15, -0.1) is 0 Å². The van der Waals surface area contributed by atoms with Gasteiger partial charge < -0.3 is 10.6 Å². The molecule has 0 saturated heterocycles. The van der Waals surface area contributed by atoms with Crippen LogP contribution >= 0.6 is 43.5 Å². The molecule has 1 aromatic heterocycles. The predicted octanol–water partition coefficient (Wildman–Crippen LogP) is 4.94. The van der Waals surface area contributed by atoms with Crippen molar-refractivity contribution in [2.24, 2.45) is 0 Å². The average Bonchev–Trinajstić information content (AvgIpc) is 2.44. The number of benzene rings is 1. The molecular formula is C14H12Br2ClN3O. The van der Waals surface area contributed by atoms with Gasteiger partial charge in [-0.2, -0.15) is 0 Å². The van der Waals surface area contributed by atoms with Crippen LogP contribution in [0.2, 0.25) is 5.02 Å². The molecule has 2 rings (SSSR count). The maximum absolute atomic E-state index is 12.4. The van der Waals surface area contributed by atoms with E-state index in [1.54, 1.807) is 30.5 Å². The number of hydrogen-bond acceptors (Lipinski definition) is 3. The van der Waals surface area contributed by atoms with Gasteiger partial charge >= 0.3 is 0 Å². The number of nitrogens with zero attached hydrogens (tertiary/aromatic N) is 1. The number of aromatic nitrogens is 1. The zero-order chi connectivity index (χ0) is 15.4. The van der Waals surface area contributed by atoms with E-state index < -0.39 is 0 Å². The minimum Gasteiger partial charge on any atom is -0.370 e. The van der Waals surface area contributed by atoms with Crippen molar-refractivity contribution in [3.05, 3.63) is 50.0 Å². The quantitative estimate of drug-likeness (QED) is 0.718. The van der Waals surface area contributed by atoms with Crippen LogP contribution in [0.5, 0.6) is 0 Å². The number of halogens is 3. The summed E-state index contributed by atoms with van der Waals surface area (Å²) in [6.45, 7) is 2.63. The Kier molecular flexibility index (Phi) is 5.61. The SMILES string of the molecule is CCNc1ncc(Br)cc1C(=O)Nc1ccc(Cl)cc1Br. The van der Waals surface area contributed by atoms with Crippen molar-refractivity contribution < 1.29 is 4.79 Å². The number of hydrogen-bond donors (Lipinski definition) is 2. The van der Waals surface area contributed by atoms with Gasteiger partial charge in [-0.25, -0.2) is 4.98 Å². The van der Waals surface area contributed by atoms with Crippen molar-refractivity contribution in [3.63, 3.8) is 0 Å². The standard InChI is InChI=1S/C14H12Br2ClN3O/c1-2-18-13-10(5-8(15)7-19-13)14(21)20-12-4-3-9(17)6-11(12)16/h3-7H,2H2,1H3,(H,18,19)(H,20,21). The lowest BCUT2D eigenvalue weighted by Gasteiger charge is -2.11. The molecule has 2 N–H and O–H groups in total. The summed E-state index contributed by atoms with van der Waals surface area (Å²) in [5.41, 5.74) is 1.11. The Morgan fingerprint density at radius 3 is 2.76 bits per heavy atom. The molecule has 110 valence electrons. The molecule has 0 radical (unpaired) electrons. The van der Waals surface area contributed by atoms with Crippen LogP contribution < -0.4 is 10.6 Å². The smallest absolute Gasteiger partial charge is 0.259 e. The Labute approximate surface area is 144 Å². The molecule has 0 aliphatic rings. The molecule has 1 amide bonds. The minimum absolute atomic E-state index is 0.247. The van der Waals surface area contributed by atoms with Gasteiger partial charge in [0.1, 0.15) is 5.82 Å². The molecule has 2 aromatic rings. The van der Waals surface area contributed by atoms with Gasteiger partial charge in [0, 0.05) is 26.7 Å². The van der Waals surface area contributed by atoms with E-state index in [-0.39, 0.29) is 5.91 Å². The monoisotopic (exact) mass is 431 g/mol. The second kappa shape index (κ2) is 7.24. The third-order valence-corrected chi connectivity index (χ3v) is 3.95. The number of pyridine rings is 1. The van der Waals surface area contributed by atoms with Crippen LogP contribution in [0.15, 0.2) is 39.4 Å². The molecule has 0 fully saturated rings. The molecule has 21 heavy (non-hydrogen) atoms. The average molecular weight is 434 g/mol. The van der Waals surface area contributed by atoms with E-state index in [0.29, 0.717) is 28.6 Å². The highest BCUT2D eigenvalue weighted by Gasteiger charge is 2.14. The third kappa shape index (κ3) is 4.18. The maximum Gasteiger partial charge on any atom is 0.259 e. The Morgan fingerprint density at radius 2 is 2.10 bits per heavy atom. The van der Waals surface area contributed by atoms with Crippen molar-refractivity contribution in [3.8, 4) is 0 Å². The number of carbonyl (C=O) groups excluding carboxylic acids is 1. The van der Waals surface area contributed by atoms with Gasteiger partial charge in [0.2, 0.25) is 0 Å². The summed E-state index contributed by atoms with van der Waals surface area (Å²) in [6, 6.07) is 6.90. The van der Waals surface area contributed by atoms with Gasteiger partial charge in [-0.05, 0) is 63.0 Å². The largest absolute Gasteiger partial charge is 0.370 e. The Morgan fingerprint density at radius 1 is 1.33 bits per heavy atom. The van der Waals surface area contributed by atoms with Crippen LogP contribution in [0, 0.1) is 0 Å². The number of rotatable bonds is 4. The maximum atomic E-state index is 12.4. The van der Waals surface area contributed by atoms with Gasteiger partial charge in [-0.3, -0.25) is 4.79 Å². The van der Waals surface area contributed by atoms with Crippen LogP contribution in [0.4, 0.5) is 11.5 Å². The molecule has 0 bridgehead atoms. The summed E-state index contributed by atoms with van der Waals surface area (Å²) >= 11 is 12.6. The Hall–Kier alpha value is -1.11. The fraction of sp³-hybridized carbons (Fsp3) is 0.143. The number of amides is 1. The highest BCUT2D eigenvalue weighted by molar-refractivity contribution is 9.10. The van der Waals surface area contributed by atoms with Crippen LogP contribution in [-0.2, 0) is 0 Å². The lowest BCUT2D eigenvalue weighted by Crippen LogP contribution is -2.16. The van der Waals surface area contributed by atoms with Crippen LogP contribution in [0.1, 0.15) is 17.3 Å². The molecule has 7 heteroatoms. The van der Waals surface area contributed by atoms with Crippen molar-refractivity contribution in [2.45, 2.75) is 6.92 Å². The molecule has 0 spiro atoms. The molecule has 0 aliphatic heterocycles. The zero-order valence-electron chi connectivity index (χ0n) is 11.1. The Bertz CT molecular complexity index is 679. The van der Waals surface area contributed by atoms with Crippen LogP contribution in [-0.4, -0.2) is 17.4 Å². The first-order valence-electron chi connectivity index (χ1n) is 6.17. The van der Waals surface area contributed by atoms with E-state index in [2.05, 4.69) is 47.5 Å². The molecule has 0 saturated carbocycles. The van der Waals surface area contributed by atoms with E-state index in [4.69, 9.17) is 11.6 Å². The van der Waals surface area contributed by atoms with E-state index in [9.17, 15) is 4.79 Å². The Balaban J connectivity index is 2.29. The van der Waals surface area contributed by atoms with Gasteiger partial charge in [0.05, 0.1) is 11.3 Å². The van der Waals surface area contributed by atoms with Crippen molar-refractivity contribution >= 4 is 60.9 Å².